The van der Waals surface area contributed by atoms with Crippen LogP contribution in [0.2, 0.25) is 0 Å². The van der Waals surface area contributed by atoms with E-state index in [9.17, 15) is 19.6 Å². The second kappa shape index (κ2) is 7.95. The fraction of sp³-hybridized carbons (Fsp3) is 0.304. The second-order valence-electron chi connectivity index (χ2n) is 7.36. The number of hydrogen-bond acceptors (Lipinski definition) is 3. The summed E-state index contributed by atoms with van der Waals surface area (Å²) in [6.07, 6.45) is 2.34. The molecule has 0 radical (unpaired) electrons. The van der Waals surface area contributed by atoms with Gasteiger partial charge >= 0.3 is 6.03 Å². The number of rotatable bonds is 3. The monoisotopic (exact) mass is 389 g/mol. The lowest BCUT2D eigenvalue weighted by atomic mass is 9.76. The topological polar surface area (TPSA) is 76.4 Å². The Hall–Kier alpha value is -3.35. The van der Waals surface area contributed by atoms with Crippen LogP contribution in [0, 0.1) is 34.9 Å². The van der Waals surface area contributed by atoms with Crippen LogP contribution in [0.15, 0.2) is 48.5 Å². The van der Waals surface area contributed by atoms with Crippen LogP contribution in [-0.2, 0) is 0 Å². The first-order chi connectivity index (χ1) is 14.1. The minimum Gasteiger partial charge on any atom is -0.394 e. The Balaban J connectivity index is 1.49. The van der Waals surface area contributed by atoms with Gasteiger partial charge in [0.05, 0.1) is 18.7 Å². The van der Waals surface area contributed by atoms with E-state index in [1.165, 1.54) is 42.0 Å². The number of carbonyl (C=O) groups excluding carboxylic acids is 1. The average molecular weight is 389 g/mol. The number of halogens is 1. The molecule has 4 rings (SSSR count). The average Bonchev–Trinajstić information content (AvgIpc) is 3.53. The highest BCUT2D eigenvalue weighted by Gasteiger charge is 2.51. The van der Waals surface area contributed by atoms with Gasteiger partial charge in [-0.3, -0.25) is 0 Å². The van der Waals surface area contributed by atoms with Gasteiger partial charge < -0.3 is 15.3 Å². The van der Waals surface area contributed by atoms with E-state index in [-0.39, 0.29) is 12.5 Å². The van der Waals surface area contributed by atoms with Gasteiger partial charge in [-0.2, -0.15) is 5.26 Å². The number of benzene rings is 2. The molecule has 2 amide bonds. The predicted molar refractivity (Wildman–Crippen MR) is 106 cm³/mol. The van der Waals surface area contributed by atoms with Gasteiger partial charge in [0.2, 0.25) is 0 Å². The number of likely N-dealkylation sites (tertiary alicyclic amines) is 1. The summed E-state index contributed by atoms with van der Waals surface area (Å²) in [4.78, 5) is 14.0. The van der Waals surface area contributed by atoms with E-state index >= 15 is 0 Å². The van der Waals surface area contributed by atoms with E-state index in [1.807, 2.05) is 24.3 Å². The van der Waals surface area contributed by atoms with Crippen molar-refractivity contribution in [2.45, 2.75) is 30.8 Å². The summed E-state index contributed by atoms with van der Waals surface area (Å²) in [7, 11) is 0. The van der Waals surface area contributed by atoms with E-state index in [0.717, 1.165) is 11.1 Å². The minimum absolute atomic E-state index is 0.261. The van der Waals surface area contributed by atoms with Crippen molar-refractivity contribution in [1.29, 1.82) is 5.26 Å². The Morgan fingerprint density at radius 2 is 1.86 bits per heavy atom. The van der Waals surface area contributed by atoms with E-state index in [0.29, 0.717) is 11.6 Å². The van der Waals surface area contributed by atoms with E-state index in [2.05, 4.69) is 23.2 Å². The van der Waals surface area contributed by atoms with Crippen LogP contribution in [0.5, 0.6) is 0 Å². The second-order valence-corrected chi connectivity index (χ2v) is 7.36. The number of aliphatic hydroxyl groups excluding tert-OH is 1. The van der Waals surface area contributed by atoms with Gasteiger partial charge in [-0.1, -0.05) is 24.0 Å². The molecule has 1 saturated heterocycles. The van der Waals surface area contributed by atoms with Crippen LogP contribution in [0.25, 0.3) is 0 Å². The molecule has 146 valence electrons. The first-order valence-electron chi connectivity index (χ1n) is 9.57. The molecular formula is C23H20FN3O2. The largest absolute Gasteiger partial charge is 0.394 e. The molecule has 1 heterocycles. The molecule has 1 aliphatic carbocycles. The third-order valence-corrected chi connectivity index (χ3v) is 5.35. The molecule has 5 nitrogen and oxygen atoms in total. The maximum atomic E-state index is 13.0. The van der Waals surface area contributed by atoms with Crippen LogP contribution in [0.4, 0.5) is 14.9 Å². The Morgan fingerprint density at radius 3 is 2.45 bits per heavy atom. The van der Waals surface area contributed by atoms with Crippen molar-refractivity contribution >= 4 is 11.7 Å². The van der Waals surface area contributed by atoms with Gasteiger partial charge in [-0.05, 0) is 54.8 Å². The van der Waals surface area contributed by atoms with E-state index < -0.39 is 23.9 Å². The molecule has 1 aliphatic heterocycles. The number of hydrogen-bond donors (Lipinski definition) is 2. The number of nitrogens with one attached hydrogen (secondary N) is 1. The summed E-state index contributed by atoms with van der Waals surface area (Å²) in [5.74, 6) is 6.20. The molecule has 29 heavy (non-hydrogen) atoms. The minimum atomic E-state index is -0.698. The lowest BCUT2D eigenvalue weighted by Gasteiger charge is -2.51. The summed E-state index contributed by atoms with van der Waals surface area (Å²) >= 11 is 0. The van der Waals surface area contributed by atoms with Gasteiger partial charge in [0.15, 0.2) is 0 Å². The van der Waals surface area contributed by atoms with Crippen LogP contribution in [0.1, 0.15) is 29.9 Å². The van der Waals surface area contributed by atoms with Gasteiger partial charge in [0, 0.05) is 23.1 Å². The Kier molecular flexibility index (Phi) is 5.20. The maximum Gasteiger partial charge on any atom is 0.323 e. The van der Waals surface area contributed by atoms with Crippen LogP contribution in [-0.4, -0.2) is 34.7 Å². The first kappa shape index (κ1) is 19.0. The molecule has 2 aromatic carbocycles. The molecule has 1 saturated carbocycles. The number of carbonyl (C=O) groups is 1. The smallest absolute Gasteiger partial charge is 0.323 e. The fourth-order valence-corrected chi connectivity index (χ4v) is 3.61. The summed E-state index contributed by atoms with van der Waals surface area (Å²) in [5.41, 5.74) is 2.23. The molecule has 6 heteroatoms. The van der Waals surface area contributed by atoms with Crippen molar-refractivity contribution in [3.05, 3.63) is 65.5 Å². The molecule has 0 spiro atoms. The third-order valence-electron chi connectivity index (χ3n) is 5.35. The van der Waals surface area contributed by atoms with Crippen LogP contribution in [0.3, 0.4) is 0 Å². The Morgan fingerprint density at radius 1 is 1.17 bits per heavy atom. The molecule has 0 aromatic heterocycles. The van der Waals surface area contributed by atoms with Crippen molar-refractivity contribution < 1.29 is 14.3 Å². The van der Waals surface area contributed by atoms with Gasteiger partial charge in [0.1, 0.15) is 11.9 Å². The zero-order chi connectivity index (χ0) is 20.4. The zero-order valence-corrected chi connectivity index (χ0v) is 15.7. The highest BCUT2D eigenvalue weighted by Crippen LogP contribution is 2.40. The lowest BCUT2D eigenvalue weighted by Crippen LogP contribution is -2.66. The summed E-state index contributed by atoms with van der Waals surface area (Å²) in [5, 5.41) is 22.1. The molecule has 2 N–H and O–H groups in total. The van der Waals surface area contributed by atoms with Crippen LogP contribution >= 0.6 is 0 Å². The molecule has 2 aromatic rings. The molecule has 2 fully saturated rings. The maximum absolute atomic E-state index is 13.0. The van der Waals surface area contributed by atoms with Crippen LogP contribution < -0.4 is 5.32 Å². The number of aliphatic hydroxyl groups is 1. The molecule has 0 unspecified atom stereocenters. The predicted octanol–water partition coefficient (Wildman–Crippen LogP) is 3.47. The van der Waals surface area contributed by atoms with E-state index in [1.54, 1.807) is 0 Å². The number of urea groups is 1. The van der Waals surface area contributed by atoms with Gasteiger partial charge in [-0.15, -0.1) is 0 Å². The first-order valence-corrected chi connectivity index (χ1v) is 9.57. The van der Waals surface area contributed by atoms with Gasteiger partial charge in [-0.25, -0.2) is 9.18 Å². The van der Waals surface area contributed by atoms with Gasteiger partial charge in [0.25, 0.3) is 0 Å². The lowest BCUT2D eigenvalue weighted by molar-refractivity contribution is 0.0224. The summed E-state index contributed by atoms with van der Waals surface area (Å²) in [6, 6.07) is 13.5. The van der Waals surface area contributed by atoms with Crippen molar-refractivity contribution in [3.8, 4) is 17.9 Å². The molecular weight excluding hydrogens is 369 g/mol. The normalized spacial score (nSPS) is 22.7. The zero-order valence-electron chi connectivity index (χ0n) is 15.7. The van der Waals surface area contributed by atoms with Crippen molar-refractivity contribution in [3.63, 3.8) is 0 Å². The third kappa shape index (κ3) is 3.94. The van der Waals surface area contributed by atoms with E-state index in [4.69, 9.17) is 0 Å². The number of nitrogens with zero attached hydrogens (tertiary/aromatic N) is 2. The quantitative estimate of drug-likeness (QED) is 0.790. The molecule has 0 bridgehead atoms. The van der Waals surface area contributed by atoms with Crippen molar-refractivity contribution in [1.82, 2.24) is 4.90 Å². The van der Waals surface area contributed by atoms with Crippen molar-refractivity contribution in [2.75, 3.05) is 11.9 Å². The summed E-state index contributed by atoms with van der Waals surface area (Å²) < 4.78 is 13.0. The Labute approximate surface area is 168 Å². The summed E-state index contributed by atoms with van der Waals surface area (Å²) in [6.45, 7) is -0.261. The Bertz CT molecular complexity index is 998. The number of nitriles is 1. The SMILES string of the molecule is N#C[C@@H]1[C@@H](c2ccc(C#CC3CC3)cc2)[C@H](CO)N1C(=O)Nc1ccc(F)cc1. The number of amides is 2. The fourth-order valence-electron chi connectivity index (χ4n) is 3.61. The molecule has 2 aliphatic rings. The highest BCUT2D eigenvalue weighted by atomic mass is 19.1. The molecule has 3 atom stereocenters. The van der Waals surface area contributed by atoms with Crippen molar-refractivity contribution in [2.24, 2.45) is 5.92 Å². The highest BCUT2D eigenvalue weighted by molar-refractivity contribution is 5.91. The number of anilines is 1. The standard InChI is InChI=1S/C23H20FN3O2/c24-18-9-11-19(12-10-18)26-23(29)27-20(13-25)22(21(27)14-28)17-7-5-16(6-8-17)4-3-15-1-2-15/h5-12,15,20-22,28H,1-2,14H2,(H,26,29)/t20-,21+,22-/m1/s1.